The van der Waals surface area contributed by atoms with Crippen molar-refractivity contribution in [1.29, 1.82) is 0 Å². The summed E-state index contributed by atoms with van der Waals surface area (Å²) in [5, 5.41) is 12.4. The quantitative estimate of drug-likeness (QED) is 0.436. The van der Waals surface area contributed by atoms with Gasteiger partial charge < -0.3 is 19.7 Å². The van der Waals surface area contributed by atoms with Gasteiger partial charge in [-0.25, -0.2) is 14.6 Å². The van der Waals surface area contributed by atoms with Crippen LogP contribution in [0.15, 0.2) is 57.7 Å². The summed E-state index contributed by atoms with van der Waals surface area (Å²) in [6.45, 7) is 3.27. The summed E-state index contributed by atoms with van der Waals surface area (Å²) in [6, 6.07) is 16.1. The Hall–Kier alpha value is -2.65. The van der Waals surface area contributed by atoms with Crippen molar-refractivity contribution < 1.29 is 19.4 Å². The van der Waals surface area contributed by atoms with Crippen molar-refractivity contribution in [2.75, 3.05) is 6.61 Å². The van der Waals surface area contributed by atoms with Gasteiger partial charge >= 0.3 is 12.1 Å². The van der Waals surface area contributed by atoms with E-state index in [1.165, 1.54) is 6.92 Å². The molecule has 1 aliphatic carbocycles. The van der Waals surface area contributed by atoms with E-state index in [-0.39, 0.29) is 19.1 Å². The van der Waals surface area contributed by atoms with Crippen LogP contribution in [0.25, 0.3) is 11.1 Å². The molecule has 1 aromatic heterocycles. The molecule has 1 unspecified atom stereocenters. The van der Waals surface area contributed by atoms with Crippen molar-refractivity contribution in [3.05, 3.63) is 74.7 Å². The number of benzene rings is 2. The van der Waals surface area contributed by atoms with Gasteiger partial charge in [-0.05, 0) is 68.0 Å². The van der Waals surface area contributed by atoms with Crippen LogP contribution in [0.2, 0.25) is 0 Å². The van der Waals surface area contributed by atoms with Gasteiger partial charge in [0.05, 0.1) is 6.54 Å². The fourth-order valence-electron chi connectivity index (χ4n) is 4.02. The van der Waals surface area contributed by atoms with Crippen LogP contribution in [-0.2, 0) is 16.1 Å². The van der Waals surface area contributed by atoms with Crippen LogP contribution in [0.5, 0.6) is 0 Å². The lowest BCUT2D eigenvalue weighted by atomic mass is 9.98. The zero-order chi connectivity index (χ0) is 23.0. The molecule has 9 heteroatoms. The number of carboxylic acids is 1. The highest BCUT2D eigenvalue weighted by Crippen LogP contribution is 2.44. The lowest BCUT2D eigenvalue weighted by molar-refractivity contribution is -0.144. The molecule has 0 saturated carbocycles. The van der Waals surface area contributed by atoms with Gasteiger partial charge in [0.1, 0.15) is 21.6 Å². The smallest absolute Gasteiger partial charge is 0.408 e. The SMILES string of the molecule is Cc1nc(Br)c(Br)n1CC(C)(NC(=O)OCC1c2ccccc2-c2ccccc21)C(=O)O. The Kier molecular flexibility index (Phi) is 6.13. The Bertz CT molecular complexity index is 1160. The van der Waals surface area contributed by atoms with Crippen molar-refractivity contribution >= 4 is 43.9 Å². The number of halogens is 2. The van der Waals surface area contributed by atoms with Crippen molar-refractivity contribution in [3.63, 3.8) is 0 Å². The number of hydrogen-bond donors (Lipinski definition) is 2. The molecular formula is C23H21Br2N3O4. The van der Waals surface area contributed by atoms with Crippen molar-refractivity contribution in [3.8, 4) is 11.1 Å². The number of carboxylic acid groups (broad SMARTS) is 1. The fraction of sp³-hybridized carbons (Fsp3) is 0.261. The van der Waals surface area contributed by atoms with E-state index in [0.29, 0.717) is 15.0 Å². The Labute approximate surface area is 202 Å². The third kappa shape index (κ3) is 4.06. The first-order valence-electron chi connectivity index (χ1n) is 9.96. The second kappa shape index (κ2) is 8.71. The molecule has 166 valence electrons. The zero-order valence-corrected chi connectivity index (χ0v) is 20.6. The molecule has 0 radical (unpaired) electrons. The number of nitrogens with one attached hydrogen (secondary N) is 1. The maximum absolute atomic E-state index is 12.7. The van der Waals surface area contributed by atoms with Gasteiger partial charge in [0.2, 0.25) is 0 Å². The molecule has 1 atom stereocenters. The Morgan fingerprint density at radius 3 is 2.19 bits per heavy atom. The number of aliphatic carboxylic acids is 1. The first-order valence-corrected chi connectivity index (χ1v) is 11.5. The molecule has 4 rings (SSSR count). The number of carbonyl (C=O) groups is 2. The second-order valence-electron chi connectivity index (χ2n) is 7.91. The number of alkyl carbamates (subject to hydrolysis) is 1. The van der Waals surface area contributed by atoms with Gasteiger partial charge in [-0.15, -0.1) is 0 Å². The predicted molar refractivity (Wildman–Crippen MR) is 127 cm³/mol. The number of aryl methyl sites for hydroxylation is 1. The van der Waals surface area contributed by atoms with Crippen LogP contribution in [0.3, 0.4) is 0 Å². The number of carbonyl (C=O) groups excluding carboxylic acids is 1. The second-order valence-corrected chi connectivity index (χ2v) is 9.42. The maximum atomic E-state index is 12.7. The molecular weight excluding hydrogens is 542 g/mol. The fourth-order valence-corrected chi connectivity index (χ4v) is 4.96. The summed E-state index contributed by atoms with van der Waals surface area (Å²) in [4.78, 5) is 29.0. The predicted octanol–water partition coefficient (Wildman–Crippen LogP) is 5.10. The van der Waals surface area contributed by atoms with Crippen LogP contribution in [0.4, 0.5) is 4.79 Å². The molecule has 3 aromatic rings. The van der Waals surface area contributed by atoms with E-state index in [9.17, 15) is 14.7 Å². The minimum Gasteiger partial charge on any atom is -0.479 e. The molecule has 0 bridgehead atoms. The van der Waals surface area contributed by atoms with Gasteiger partial charge in [0, 0.05) is 5.92 Å². The number of hydrogen-bond acceptors (Lipinski definition) is 4. The highest BCUT2D eigenvalue weighted by molar-refractivity contribution is 9.13. The molecule has 1 amide bonds. The Balaban J connectivity index is 1.50. The number of rotatable bonds is 6. The molecule has 2 N–H and O–H groups in total. The van der Waals surface area contributed by atoms with Crippen LogP contribution >= 0.6 is 31.9 Å². The number of fused-ring (bicyclic) bond motifs is 3. The Morgan fingerprint density at radius 2 is 1.69 bits per heavy atom. The van der Waals surface area contributed by atoms with E-state index in [2.05, 4.69) is 54.3 Å². The van der Waals surface area contributed by atoms with Gasteiger partial charge in [0.15, 0.2) is 5.54 Å². The summed E-state index contributed by atoms with van der Waals surface area (Å²) in [5.74, 6) is -0.682. The number of amides is 1. The largest absolute Gasteiger partial charge is 0.479 e. The minimum absolute atomic E-state index is 0.0302. The average molecular weight is 563 g/mol. The molecule has 0 spiro atoms. The standard InChI is InChI=1S/C23H21Br2N3O4/c1-13-26-19(24)20(25)28(13)12-23(2,21(29)30)27-22(31)32-11-18-16-9-5-3-7-14(16)15-8-4-6-10-17(15)18/h3-10,18H,11-12H2,1-2H3,(H,27,31)(H,29,30). The van der Waals surface area contributed by atoms with E-state index in [1.807, 2.05) is 36.4 Å². The highest BCUT2D eigenvalue weighted by Gasteiger charge is 2.38. The van der Waals surface area contributed by atoms with E-state index in [4.69, 9.17) is 4.74 Å². The molecule has 1 aliphatic rings. The summed E-state index contributed by atoms with van der Waals surface area (Å²) >= 11 is 6.71. The molecule has 32 heavy (non-hydrogen) atoms. The van der Waals surface area contributed by atoms with Crippen LogP contribution in [0, 0.1) is 6.92 Å². The number of imidazole rings is 1. The van der Waals surface area contributed by atoms with E-state index < -0.39 is 17.6 Å². The van der Waals surface area contributed by atoms with Crippen LogP contribution in [0.1, 0.15) is 29.8 Å². The monoisotopic (exact) mass is 561 g/mol. The molecule has 1 heterocycles. The van der Waals surface area contributed by atoms with E-state index in [0.717, 1.165) is 22.3 Å². The van der Waals surface area contributed by atoms with Gasteiger partial charge in [-0.3, -0.25) is 0 Å². The summed E-state index contributed by atoms with van der Waals surface area (Å²) in [6.07, 6.45) is -0.787. The third-order valence-electron chi connectivity index (χ3n) is 5.73. The number of ether oxygens (including phenoxy) is 1. The lowest BCUT2D eigenvalue weighted by Crippen LogP contribution is -2.55. The first kappa shape index (κ1) is 22.5. The zero-order valence-electron chi connectivity index (χ0n) is 17.4. The summed E-state index contributed by atoms with van der Waals surface area (Å²) < 4.78 is 8.35. The molecule has 2 aromatic carbocycles. The average Bonchev–Trinajstić information content (AvgIpc) is 3.20. The molecule has 7 nitrogen and oxygen atoms in total. The van der Waals surface area contributed by atoms with Crippen molar-refractivity contribution in [2.24, 2.45) is 0 Å². The summed E-state index contributed by atoms with van der Waals surface area (Å²) in [7, 11) is 0. The van der Waals surface area contributed by atoms with Crippen LogP contribution in [-0.4, -0.2) is 38.9 Å². The highest BCUT2D eigenvalue weighted by atomic mass is 79.9. The topological polar surface area (TPSA) is 93.5 Å². The van der Waals surface area contributed by atoms with Gasteiger partial charge in [-0.2, -0.15) is 0 Å². The van der Waals surface area contributed by atoms with Crippen molar-refractivity contribution in [2.45, 2.75) is 31.8 Å². The van der Waals surface area contributed by atoms with E-state index in [1.54, 1.807) is 11.5 Å². The maximum Gasteiger partial charge on any atom is 0.408 e. The number of aromatic nitrogens is 2. The van der Waals surface area contributed by atoms with Gasteiger partial charge in [0.25, 0.3) is 0 Å². The molecule has 0 fully saturated rings. The van der Waals surface area contributed by atoms with Crippen LogP contribution < -0.4 is 5.32 Å². The molecule has 0 saturated heterocycles. The van der Waals surface area contributed by atoms with E-state index >= 15 is 0 Å². The minimum atomic E-state index is -1.60. The Morgan fingerprint density at radius 1 is 1.12 bits per heavy atom. The van der Waals surface area contributed by atoms with Gasteiger partial charge in [-0.1, -0.05) is 48.5 Å². The number of nitrogens with zero attached hydrogens (tertiary/aromatic N) is 2. The lowest BCUT2D eigenvalue weighted by Gasteiger charge is -2.27. The first-order chi connectivity index (χ1) is 15.2. The normalized spacial score (nSPS) is 14.4. The van der Waals surface area contributed by atoms with Crippen molar-refractivity contribution in [1.82, 2.24) is 14.9 Å². The summed E-state index contributed by atoms with van der Waals surface area (Å²) in [5.41, 5.74) is 2.82. The molecule has 0 aliphatic heterocycles. The third-order valence-corrected chi connectivity index (χ3v) is 7.61.